The molecule has 0 aliphatic rings. The van der Waals surface area contributed by atoms with Crippen molar-refractivity contribution >= 4 is 34.1 Å². The number of aryl methyl sites for hydroxylation is 1. The van der Waals surface area contributed by atoms with E-state index in [1.165, 1.54) is 23.9 Å². The van der Waals surface area contributed by atoms with Gasteiger partial charge in [-0.1, -0.05) is 60.3 Å². The summed E-state index contributed by atoms with van der Waals surface area (Å²) in [6.07, 6.45) is 1.74. The third-order valence-electron chi connectivity index (χ3n) is 5.02. The highest BCUT2D eigenvalue weighted by Crippen LogP contribution is 2.26. The fourth-order valence-corrected chi connectivity index (χ4v) is 4.12. The van der Waals surface area contributed by atoms with Gasteiger partial charge in [-0.05, 0) is 36.1 Å². The number of hydrogen-bond acceptors (Lipinski definition) is 5. The molecule has 168 valence electrons. The number of carbonyl (C=O) groups excluding carboxylic acids is 1. The van der Waals surface area contributed by atoms with Crippen LogP contribution in [0.5, 0.6) is 5.75 Å². The Morgan fingerprint density at radius 1 is 1.18 bits per heavy atom. The summed E-state index contributed by atoms with van der Waals surface area (Å²) in [6.45, 7) is 6.32. The van der Waals surface area contributed by atoms with E-state index in [-0.39, 0.29) is 18.3 Å². The van der Waals surface area contributed by atoms with Crippen LogP contribution in [-0.4, -0.2) is 26.4 Å². The number of rotatable bonds is 9. The molecule has 1 N–H and O–H groups in total. The summed E-state index contributed by atoms with van der Waals surface area (Å²) in [6, 6.07) is 18.2. The molecule has 3 aromatic carbocycles. The molecule has 0 atom stereocenters. The largest absolute Gasteiger partial charge is 0.485 e. The predicted molar refractivity (Wildman–Crippen MR) is 129 cm³/mol. The first-order valence-corrected chi connectivity index (χ1v) is 11.4. The molecule has 4 rings (SSSR count). The van der Waals surface area contributed by atoms with Crippen LogP contribution >= 0.6 is 11.8 Å². The van der Waals surface area contributed by atoms with Gasteiger partial charge in [-0.25, -0.2) is 4.39 Å². The van der Waals surface area contributed by atoms with Gasteiger partial charge in [0.25, 0.3) is 0 Å². The minimum atomic E-state index is -0.398. The molecule has 33 heavy (non-hydrogen) atoms. The van der Waals surface area contributed by atoms with Gasteiger partial charge in [0.15, 0.2) is 11.0 Å². The van der Waals surface area contributed by atoms with Crippen LogP contribution in [0.3, 0.4) is 0 Å². The molecule has 0 spiro atoms. The summed E-state index contributed by atoms with van der Waals surface area (Å²) < 4.78 is 21.4. The fraction of sp³-hybridized carbons (Fsp3) is 0.160. The van der Waals surface area contributed by atoms with Gasteiger partial charge in [-0.2, -0.15) is 0 Å². The van der Waals surface area contributed by atoms with Gasteiger partial charge in [0.05, 0.1) is 5.75 Å². The minimum absolute atomic E-state index is 0.107. The molecule has 0 radical (unpaired) electrons. The van der Waals surface area contributed by atoms with Crippen molar-refractivity contribution in [3.05, 3.63) is 90.5 Å². The third kappa shape index (κ3) is 5.40. The van der Waals surface area contributed by atoms with Crippen LogP contribution in [0.15, 0.2) is 78.5 Å². The lowest BCUT2D eigenvalue weighted by molar-refractivity contribution is -0.113. The smallest absolute Gasteiger partial charge is 0.234 e. The maximum Gasteiger partial charge on any atom is 0.234 e. The molecule has 6 nitrogen and oxygen atoms in total. The Hall–Kier alpha value is -3.65. The Morgan fingerprint density at radius 2 is 2.00 bits per heavy atom. The van der Waals surface area contributed by atoms with Gasteiger partial charge in [0, 0.05) is 17.6 Å². The lowest BCUT2D eigenvalue weighted by atomic mass is 10.1. The van der Waals surface area contributed by atoms with E-state index in [0.717, 1.165) is 22.1 Å². The number of carbonyl (C=O) groups is 1. The molecule has 1 heterocycles. The summed E-state index contributed by atoms with van der Waals surface area (Å²) in [7, 11) is 0. The topological polar surface area (TPSA) is 69.0 Å². The van der Waals surface area contributed by atoms with Gasteiger partial charge < -0.3 is 10.1 Å². The first-order valence-electron chi connectivity index (χ1n) is 10.4. The lowest BCUT2D eigenvalue weighted by Crippen LogP contribution is -2.16. The van der Waals surface area contributed by atoms with E-state index < -0.39 is 5.82 Å². The minimum Gasteiger partial charge on any atom is -0.485 e. The summed E-state index contributed by atoms with van der Waals surface area (Å²) in [4.78, 5) is 12.4. The third-order valence-corrected chi connectivity index (χ3v) is 5.98. The SMILES string of the molecule is C=CCn1c(COc2cccc3ccccc23)nnc1SCC(=O)Nc1cc(F)ccc1C. The highest BCUT2D eigenvalue weighted by molar-refractivity contribution is 7.99. The number of amides is 1. The Morgan fingerprint density at radius 3 is 2.85 bits per heavy atom. The first-order chi connectivity index (χ1) is 16.0. The number of fused-ring (bicyclic) bond motifs is 1. The Kier molecular flexibility index (Phi) is 7.04. The number of thioether (sulfide) groups is 1. The molecular formula is C25H23FN4O2S. The lowest BCUT2D eigenvalue weighted by Gasteiger charge is -2.11. The van der Waals surface area contributed by atoms with Crippen LogP contribution in [0.4, 0.5) is 10.1 Å². The van der Waals surface area contributed by atoms with Crippen molar-refractivity contribution in [3.8, 4) is 5.75 Å². The van der Waals surface area contributed by atoms with Crippen molar-refractivity contribution in [2.75, 3.05) is 11.1 Å². The van der Waals surface area contributed by atoms with Gasteiger partial charge >= 0.3 is 0 Å². The standard InChI is InChI=1S/C25H23FN4O2S/c1-3-13-30-23(15-32-22-10-6-8-18-7-4-5-9-20(18)22)28-29-25(30)33-16-24(31)27-21-14-19(26)12-11-17(21)2/h3-12,14H,1,13,15-16H2,2H3,(H,27,31). The number of hydrogen-bond donors (Lipinski definition) is 1. The van der Waals surface area contributed by atoms with Gasteiger partial charge in [-0.3, -0.25) is 9.36 Å². The van der Waals surface area contributed by atoms with E-state index in [0.29, 0.717) is 23.2 Å². The van der Waals surface area contributed by atoms with E-state index in [9.17, 15) is 9.18 Å². The second kappa shape index (κ2) is 10.3. The quantitative estimate of drug-likeness (QED) is 0.267. The molecule has 0 fully saturated rings. The summed E-state index contributed by atoms with van der Waals surface area (Å²) in [5.41, 5.74) is 1.25. The van der Waals surface area contributed by atoms with Crippen molar-refractivity contribution in [2.24, 2.45) is 0 Å². The molecule has 4 aromatic rings. The maximum absolute atomic E-state index is 13.5. The van der Waals surface area contributed by atoms with Gasteiger partial charge in [0.1, 0.15) is 18.2 Å². The zero-order valence-electron chi connectivity index (χ0n) is 18.1. The van der Waals surface area contributed by atoms with Crippen molar-refractivity contribution in [1.82, 2.24) is 14.8 Å². The predicted octanol–water partition coefficient (Wildman–Crippen LogP) is 5.37. The van der Waals surface area contributed by atoms with E-state index in [2.05, 4.69) is 22.1 Å². The number of ether oxygens (including phenoxy) is 1. The summed E-state index contributed by atoms with van der Waals surface area (Å²) >= 11 is 1.25. The van der Waals surface area contributed by atoms with Crippen molar-refractivity contribution < 1.29 is 13.9 Å². The molecule has 0 bridgehead atoms. The molecule has 0 aliphatic carbocycles. The number of allylic oxidation sites excluding steroid dienone is 1. The second-order valence-corrected chi connectivity index (χ2v) is 8.30. The number of aromatic nitrogens is 3. The Bertz CT molecular complexity index is 1300. The van der Waals surface area contributed by atoms with Crippen LogP contribution in [0.25, 0.3) is 10.8 Å². The normalized spacial score (nSPS) is 10.8. The Labute approximate surface area is 195 Å². The number of nitrogens with zero attached hydrogens (tertiary/aromatic N) is 3. The number of benzene rings is 3. The van der Waals surface area contributed by atoms with E-state index >= 15 is 0 Å². The fourth-order valence-electron chi connectivity index (χ4n) is 3.35. The van der Waals surface area contributed by atoms with Crippen LogP contribution in [0.2, 0.25) is 0 Å². The van der Waals surface area contributed by atoms with Crippen molar-refractivity contribution in [1.29, 1.82) is 0 Å². The van der Waals surface area contributed by atoms with Crippen LogP contribution in [0.1, 0.15) is 11.4 Å². The average molecular weight is 463 g/mol. The zero-order chi connectivity index (χ0) is 23.2. The molecule has 1 amide bonds. The monoisotopic (exact) mass is 462 g/mol. The van der Waals surface area contributed by atoms with Crippen LogP contribution < -0.4 is 10.1 Å². The van der Waals surface area contributed by atoms with Crippen molar-refractivity contribution in [3.63, 3.8) is 0 Å². The molecule has 8 heteroatoms. The zero-order valence-corrected chi connectivity index (χ0v) is 18.9. The van der Waals surface area contributed by atoms with Crippen LogP contribution in [0, 0.1) is 12.7 Å². The summed E-state index contributed by atoms with van der Waals surface area (Å²) in [5, 5.41) is 13.9. The summed E-state index contributed by atoms with van der Waals surface area (Å²) in [5.74, 6) is 0.850. The van der Waals surface area contributed by atoms with E-state index in [1.807, 2.05) is 54.0 Å². The van der Waals surface area contributed by atoms with Crippen molar-refractivity contribution in [2.45, 2.75) is 25.2 Å². The number of halogens is 1. The van der Waals surface area contributed by atoms with Gasteiger partial charge in [-0.15, -0.1) is 16.8 Å². The van der Waals surface area contributed by atoms with E-state index in [4.69, 9.17) is 4.74 Å². The van der Waals surface area contributed by atoms with E-state index in [1.54, 1.807) is 12.1 Å². The van der Waals surface area contributed by atoms with Gasteiger partial charge in [0.2, 0.25) is 5.91 Å². The highest BCUT2D eigenvalue weighted by Gasteiger charge is 2.15. The molecule has 0 unspecified atom stereocenters. The van der Waals surface area contributed by atoms with Crippen LogP contribution in [-0.2, 0) is 17.9 Å². The molecule has 0 saturated carbocycles. The highest BCUT2D eigenvalue weighted by atomic mass is 32.2. The molecular weight excluding hydrogens is 439 g/mol. The average Bonchev–Trinajstić information content (AvgIpc) is 3.20. The maximum atomic E-state index is 13.5. The second-order valence-electron chi connectivity index (χ2n) is 7.36. The number of nitrogens with one attached hydrogen (secondary N) is 1. The molecule has 0 aliphatic heterocycles. The molecule has 0 saturated heterocycles. The Balaban J connectivity index is 1.43. The number of anilines is 1. The first kappa shape index (κ1) is 22.5. The molecule has 1 aromatic heterocycles.